The monoisotopic (exact) mass is 354 g/mol. The van der Waals surface area contributed by atoms with Gasteiger partial charge in [-0.05, 0) is 11.5 Å². The van der Waals surface area contributed by atoms with Crippen molar-refractivity contribution in [2.45, 2.75) is 18.9 Å². The number of nitro benzene ring substituents is 1. The molecule has 0 amide bonds. The Morgan fingerprint density at radius 3 is 2.54 bits per heavy atom. The lowest BCUT2D eigenvalue weighted by Crippen LogP contribution is -2.21. The first-order chi connectivity index (χ1) is 12.6. The van der Waals surface area contributed by atoms with E-state index in [1.807, 2.05) is 24.3 Å². The van der Waals surface area contributed by atoms with E-state index in [0.717, 1.165) is 6.54 Å². The average molecular weight is 354 g/mol. The van der Waals surface area contributed by atoms with E-state index in [2.05, 4.69) is 17.0 Å². The molecule has 3 rings (SSSR count). The van der Waals surface area contributed by atoms with Crippen LogP contribution in [-0.4, -0.2) is 36.0 Å². The summed E-state index contributed by atoms with van der Waals surface area (Å²) in [5.74, 6) is -0.355. The van der Waals surface area contributed by atoms with Crippen molar-refractivity contribution in [2.75, 3.05) is 20.2 Å². The summed E-state index contributed by atoms with van der Waals surface area (Å²) in [6.07, 6.45) is 0.262. The maximum atomic E-state index is 11.9. The Kier molecular flexibility index (Phi) is 5.63. The molecule has 0 saturated carbocycles. The van der Waals surface area contributed by atoms with E-state index >= 15 is 0 Å². The van der Waals surface area contributed by atoms with Crippen LogP contribution >= 0.6 is 0 Å². The lowest BCUT2D eigenvalue weighted by molar-refractivity contribution is -0.385. The van der Waals surface area contributed by atoms with Crippen molar-refractivity contribution in [3.05, 3.63) is 75.8 Å². The van der Waals surface area contributed by atoms with Crippen LogP contribution in [0.2, 0.25) is 0 Å². The summed E-state index contributed by atoms with van der Waals surface area (Å²) >= 11 is 0. The van der Waals surface area contributed by atoms with E-state index in [9.17, 15) is 14.9 Å². The number of hydrogen-bond acceptors (Lipinski definition) is 5. The maximum Gasteiger partial charge on any atom is 0.305 e. The van der Waals surface area contributed by atoms with E-state index < -0.39 is 0 Å². The van der Waals surface area contributed by atoms with Gasteiger partial charge in [-0.25, -0.2) is 0 Å². The molecule has 0 bridgehead atoms. The minimum atomic E-state index is -0.343. The Hall–Kier alpha value is -2.73. The third-order valence-corrected chi connectivity index (χ3v) is 4.96. The van der Waals surface area contributed by atoms with E-state index in [0.29, 0.717) is 18.7 Å². The number of benzene rings is 2. The minimum Gasteiger partial charge on any atom is -0.469 e. The summed E-state index contributed by atoms with van der Waals surface area (Å²) in [5.41, 5.74) is 2.00. The van der Waals surface area contributed by atoms with Crippen LogP contribution in [-0.2, 0) is 16.1 Å². The summed E-state index contributed by atoms with van der Waals surface area (Å²) in [4.78, 5) is 25.2. The molecule has 0 radical (unpaired) electrons. The summed E-state index contributed by atoms with van der Waals surface area (Å²) in [6, 6.07) is 16.9. The molecule has 0 N–H and O–H groups in total. The largest absolute Gasteiger partial charge is 0.469 e. The highest BCUT2D eigenvalue weighted by Gasteiger charge is 2.38. The molecule has 1 heterocycles. The van der Waals surface area contributed by atoms with Gasteiger partial charge in [0.15, 0.2) is 0 Å². The number of ether oxygens (including phenoxy) is 1. The van der Waals surface area contributed by atoms with Gasteiger partial charge in [0.25, 0.3) is 5.69 Å². The molecular weight excluding hydrogens is 332 g/mol. The molecule has 0 aliphatic carbocycles. The molecule has 2 aromatic carbocycles. The van der Waals surface area contributed by atoms with Gasteiger partial charge in [0.1, 0.15) is 0 Å². The highest BCUT2D eigenvalue weighted by Crippen LogP contribution is 2.39. The third-order valence-electron chi connectivity index (χ3n) is 4.96. The molecule has 2 aromatic rings. The number of likely N-dealkylation sites (tertiary alicyclic amines) is 1. The molecule has 1 aliphatic rings. The molecule has 0 aromatic heterocycles. The molecule has 136 valence electrons. The first kappa shape index (κ1) is 18.1. The van der Waals surface area contributed by atoms with E-state index in [-0.39, 0.29) is 34.8 Å². The van der Waals surface area contributed by atoms with Gasteiger partial charge in [0.05, 0.1) is 18.5 Å². The zero-order chi connectivity index (χ0) is 18.5. The standard InChI is InChI=1S/C20H22N2O4/c1-26-20(23)11-16-13-21(12-15-7-3-2-4-8-15)14-18(16)17-9-5-6-10-19(17)22(24)25/h2-10,16,18H,11-14H2,1H3. The summed E-state index contributed by atoms with van der Waals surface area (Å²) in [5, 5.41) is 11.4. The van der Waals surface area contributed by atoms with Crippen LogP contribution in [0.1, 0.15) is 23.5 Å². The van der Waals surface area contributed by atoms with Gasteiger partial charge in [0.2, 0.25) is 0 Å². The average Bonchev–Trinajstić information content (AvgIpc) is 3.04. The second kappa shape index (κ2) is 8.10. The number of nitro groups is 1. The van der Waals surface area contributed by atoms with Crippen LogP contribution in [0.5, 0.6) is 0 Å². The normalized spacial score (nSPS) is 20.0. The van der Waals surface area contributed by atoms with E-state index in [1.165, 1.54) is 18.7 Å². The zero-order valence-electron chi connectivity index (χ0n) is 14.7. The number of para-hydroxylation sites is 1. The molecule has 6 heteroatoms. The topological polar surface area (TPSA) is 72.7 Å². The van der Waals surface area contributed by atoms with Gasteiger partial charge < -0.3 is 4.74 Å². The van der Waals surface area contributed by atoms with Gasteiger partial charge in [-0.15, -0.1) is 0 Å². The van der Waals surface area contributed by atoms with Gasteiger partial charge in [0, 0.05) is 37.2 Å². The van der Waals surface area contributed by atoms with Crippen LogP contribution in [0.15, 0.2) is 54.6 Å². The van der Waals surface area contributed by atoms with Crippen molar-refractivity contribution >= 4 is 11.7 Å². The number of carbonyl (C=O) groups is 1. The van der Waals surface area contributed by atoms with Crippen molar-refractivity contribution in [3.8, 4) is 0 Å². The van der Waals surface area contributed by atoms with Crippen LogP contribution in [0.4, 0.5) is 5.69 Å². The number of carbonyl (C=O) groups excluding carboxylic acids is 1. The Morgan fingerprint density at radius 2 is 1.85 bits per heavy atom. The summed E-state index contributed by atoms with van der Waals surface area (Å²) < 4.78 is 4.84. The second-order valence-corrected chi connectivity index (χ2v) is 6.64. The summed E-state index contributed by atoms with van der Waals surface area (Å²) in [7, 11) is 1.37. The van der Waals surface area contributed by atoms with Crippen molar-refractivity contribution in [1.29, 1.82) is 0 Å². The maximum absolute atomic E-state index is 11.9. The fraction of sp³-hybridized carbons (Fsp3) is 0.350. The molecule has 1 saturated heterocycles. The van der Waals surface area contributed by atoms with Crippen LogP contribution in [0.25, 0.3) is 0 Å². The van der Waals surface area contributed by atoms with Gasteiger partial charge in [-0.3, -0.25) is 19.8 Å². The molecule has 26 heavy (non-hydrogen) atoms. The zero-order valence-corrected chi connectivity index (χ0v) is 14.7. The quantitative estimate of drug-likeness (QED) is 0.452. The smallest absolute Gasteiger partial charge is 0.305 e. The number of methoxy groups -OCH3 is 1. The molecule has 2 atom stereocenters. The lowest BCUT2D eigenvalue weighted by Gasteiger charge is -2.17. The number of nitrogens with zero attached hydrogens (tertiary/aromatic N) is 2. The predicted octanol–water partition coefficient (Wildman–Crippen LogP) is 3.37. The number of rotatable bonds is 6. The van der Waals surface area contributed by atoms with Crippen LogP contribution in [0.3, 0.4) is 0 Å². The predicted molar refractivity (Wildman–Crippen MR) is 97.7 cm³/mol. The van der Waals surface area contributed by atoms with Crippen LogP contribution in [0, 0.1) is 16.0 Å². The second-order valence-electron chi connectivity index (χ2n) is 6.64. The Labute approximate surface area is 152 Å². The number of esters is 1. The van der Waals surface area contributed by atoms with Gasteiger partial charge in [-0.1, -0.05) is 48.5 Å². The Balaban J connectivity index is 1.85. The van der Waals surface area contributed by atoms with Gasteiger partial charge in [-0.2, -0.15) is 0 Å². The van der Waals surface area contributed by atoms with Crippen LogP contribution < -0.4 is 0 Å². The number of hydrogen-bond donors (Lipinski definition) is 0. The summed E-state index contributed by atoms with van der Waals surface area (Å²) in [6.45, 7) is 2.15. The van der Waals surface area contributed by atoms with E-state index in [4.69, 9.17) is 4.74 Å². The molecule has 6 nitrogen and oxygen atoms in total. The highest BCUT2D eigenvalue weighted by molar-refractivity contribution is 5.69. The molecule has 2 unspecified atom stereocenters. The molecule has 1 aliphatic heterocycles. The fourth-order valence-electron chi connectivity index (χ4n) is 3.76. The third kappa shape index (κ3) is 4.08. The lowest BCUT2D eigenvalue weighted by atomic mass is 9.86. The first-order valence-electron chi connectivity index (χ1n) is 8.65. The molecule has 1 fully saturated rings. The highest BCUT2D eigenvalue weighted by atomic mass is 16.6. The van der Waals surface area contributed by atoms with Crippen molar-refractivity contribution in [2.24, 2.45) is 5.92 Å². The van der Waals surface area contributed by atoms with Crippen molar-refractivity contribution < 1.29 is 14.5 Å². The van der Waals surface area contributed by atoms with Crippen molar-refractivity contribution in [3.63, 3.8) is 0 Å². The first-order valence-corrected chi connectivity index (χ1v) is 8.65. The fourth-order valence-corrected chi connectivity index (χ4v) is 3.76. The molecular formula is C20H22N2O4. The molecule has 0 spiro atoms. The van der Waals surface area contributed by atoms with E-state index in [1.54, 1.807) is 12.1 Å². The SMILES string of the molecule is COC(=O)CC1CN(Cc2ccccc2)CC1c1ccccc1[N+](=O)[O-]. The van der Waals surface area contributed by atoms with Gasteiger partial charge >= 0.3 is 5.97 Å². The minimum absolute atomic E-state index is 0.00716. The Morgan fingerprint density at radius 1 is 1.15 bits per heavy atom. The van der Waals surface area contributed by atoms with Crippen molar-refractivity contribution in [1.82, 2.24) is 4.90 Å². The Bertz CT molecular complexity index is 778.